The van der Waals surface area contributed by atoms with Gasteiger partial charge in [-0.25, -0.2) is 0 Å². The van der Waals surface area contributed by atoms with E-state index in [0.29, 0.717) is 36.9 Å². The van der Waals surface area contributed by atoms with Crippen molar-refractivity contribution >= 4 is 11.8 Å². The average Bonchev–Trinajstić information content (AvgIpc) is 2.67. The van der Waals surface area contributed by atoms with Crippen molar-refractivity contribution in [3.8, 4) is 11.5 Å². The Bertz CT molecular complexity index is 670. The summed E-state index contributed by atoms with van der Waals surface area (Å²) < 4.78 is 10.5. The first-order valence-electron chi connectivity index (χ1n) is 9.81. The molecule has 0 saturated carbocycles. The molecule has 2 amide bonds. The van der Waals surface area contributed by atoms with Crippen LogP contribution in [0.3, 0.4) is 0 Å². The minimum atomic E-state index is -0.490. The molecule has 2 rings (SSSR count). The predicted octanol–water partition coefficient (Wildman–Crippen LogP) is 1.55. The fourth-order valence-electron chi connectivity index (χ4n) is 3.36. The van der Waals surface area contributed by atoms with Gasteiger partial charge >= 0.3 is 0 Å². The van der Waals surface area contributed by atoms with Gasteiger partial charge in [0.1, 0.15) is 6.04 Å². The van der Waals surface area contributed by atoms with Gasteiger partial charge in [-0.05, 0) is 37.1 Å². The third kappa shape index (κ3) is 6.12. The van der Waals surface area contributed by atoms with E-state index in [2.05, 4.69) is 31.1 Å². The van der Waals surface area contributed by atoms with Gasteiger partial charge in [0.25, 0.3) is 0 Å². The van der Waals surface area contributed by atoms with Crippen LogP contribution in [-0.4, -0.2) is 75.1 Å². The number of piperazine rings is 1. The van der Waals surface area contributed by atoms with E-state index < -0.39 is 6.04 Å². The van der Waals surface area contributed by atoms with E-state index in [1.54, 1.807) is 26.4 Å². The first-order valence-corrected chi connectivity index (χ1v) is 9.81. The summed E-state index contributed by atoms with van der Waals surface area (Å²) in [6, 6.07) is 4.91. The molecule has 0 radical (unpaired) electrons. The predicted molar refractivity (Wildman–Crippen MR) is 109 cm³/mol. The van der Waals surface area contributed by atoms with Gasteiger partial charge < -0.3 is 24.6 Å². The Morgan fingerprint density at radius 2 is 1.71 bits per heavy atom. The molecule has 7 heteroatoms. The largest absolute Gasteiger partial charge is 0.493 e. The smallest absolute Gasteiger partial charge is 0.245 e. The number of amides is 2. The lowest BCUT2D eigenvalue weighted by molar-refractivity contribution is -0.138. The van der Waals surface area contributed by atoms with E-state index in [4.69, 9.17) is 9.47 Å². The maximum atomic E-state index is 13.0. The standard InChI is InChI=1S/C21H33N3O4/c1-15(2)12-17(21(26)24-10-8-23(3)9-11-24)22-20(25)14-16-6-7-18(27-4)19(13-16)28-5/h6-7,13,15,17H,8-12,14H2,1-5H3,(H,22,25)/t17-/m1/s1. The van der Waals surface area contributed by atoms with Gasteiger partial charge in [0.15, 0.2) is 11.5 Å². The highest BCUT2D eigenvalue weighted by Crippen LogP contribution is 2.27. The number of benzene rings is 1. The minimum absolute atomic E-state index is 0.0162. The second kappa shape index (κ2) is 10.3. The van der Waals surface area contributed by atoms with Crippen LogP contribution in [0.2, 0.25) is 0 Å². The molecule has 1 heterocycles. The quantitative estimate of drug-likeness (QED) is 0.728. The number of hydrogen-bond donors (Lipinski definition) is 1. The third-order valence-corrected chi connectivity index (χ3v) is 4.97. The Kier molecular flexibility index (Phi) is 8.11. The molecule has 0 aromatic heterocycles. The van der Waals surface area contributed by atoms with E-state index in [1.165, 1.54) is 0 Å². The number of likely N-dealkylation sites (N-methyl/N-ethyl adjacent to an activating group) is 1. The normalized spacial score (nSPS) is 16.0. The van der Waals surface area contributed by atoms with Crippen LogP contribution in [0, 0.1) is 5.92 Å². The molecule has 0 aliphatic carbocycles. The van der Waals surface area contributed by atoms with E-state index in [1.807, 2.05) is 11.0 Å². The van der Waals surface area contributed by atoms with Crippen LogP contribution in [0.25, 0.3) is 0 Å². The molecule has 1 aliphatic rings. The number of hydrogen-bond acceptors (Lipinski definition) is 5. The van der Waals surface area contributed by atoms with Crippen molar-refractivity contribution in [3.05, 3.63) is 23.8 Å². The molecule has 156 valence electrons. The van der Waals surface area contributed by atoms with E-state index >= 15 is 0 Å². The first-order chi connectivity index (χ1) is 13.3. The summed E-state index contributed by atoms with van der Waals surface area (Å²) in [7, 11) is 5.19. The topological polar surface area (TPSA) is 71.1 Å². The van der Waals surface area contributed by atoms with Crippen molar-refractivity contribution < 1.29 is 19.1 Å². The molecule has 0 unspecified atom stereocenters. The molecule has 28 heavy (non-hydrogen) atoms. The van der Waals surface area contributed by atoms with Crippen LogP contribution < -0.4 is 14.8 Å². The lowest BCUT2D eigenvalue weighted by atomic mass is 10.0. The summed E-state index contributed by atoms with van der Waals surface area (Å²) in [6.45, 7) is 7.25. The molecule has 1 fully saturated rings. The van der Waals surface area contributed by atoms with Gasteiger partial charge in [0.2, 0.25) is 11.8 Å². The Balaban J connectivity index is 2.03. The zero-order valence-electron chi connectivity index (χ0n) is 17.7. The summed E-state index contributed by atoms with van der Waals surface area (Å²) in [6.07, 6.45) is 0.813. The number of nitrogens with one attached hydrogen (secondary N) is 1. The van der Waals surface area contributed by atoms with E-state index in [0.717, 1.165) is 18.7 Å². The second-order valence-electron chi connectivity index (χ2n) is 7.74. The van der Waals surface area contributed by atoms with Crippen molar-refractivity contribution in [2.24, 2.45) is 5.92 Å². The molecule has 7 nitrogen and oxygen atoms in total. The van der Waals surface area contributed by atoms with Crippen molar-refractivity contribution in [1.29, 1.82) is 0 Å². The van der Waals surface area contributed by atoms with Crippen molar-refractivity contribution in [3.63, 3.8) is 0 Å². The number of ether oxygens (including phenoxy) is 2. The average molecular weight is 392 g/mol. The summed E-state index contributed by atoms with van der Waals surface area (Å²) in [5.74, 6) is 1.36. The number of nitrogens with zero attached hydrogens (tertiary/aromatic N) is 2. The summed E-state index contributed by atoms with van der Waals surface area (Å²) in [5.41, 5.74) is 0.811. The van der Waals surface area contributed by atoms with E-state index in [-0.39, 0.29) is 18.2 Å². The summed E-state index contributed by atoms with van der Waals surface area (Å²) in [4.78, 5) is 29.7. The molecule has 0 spiro atoms. The summed E-state index contributed by atoms with van der Waals surface area (Å²) in [5, 5.41) is 2.96. The number of carbonyl (C=O) groups excluding carboxylic acids is 2. The number of carbonyl (C=O) groups is 2. The van der Waals surface area contributed by atoms with Crippen molar-refractivity contribution in [1.82, 2.24) is 15.1 Å². The molecule has 1 aliphatic heterocycles. The Morgan fingerprint density at radius 3 is 2.29 bits per heavy atom. The van der Waals surface area contributed by atoms with Crippen LogP contribution in [-0.2, 0) is 16.0 Å². The summed E-state index contributed by atoms with van der Waals surface area (Å²) >= 11 is 0. The van der Waals surface area contributed by atoms with Crippen LogP contribution in [0.5, 0.6) is 11.5 Å². The van der Waals surface area contributed by atoms with Gasteiger partial charge in [-0.3, -0.25) is 9.59 Å². The van der Waals surface area contributed by atoms with Gasteiger partial charge in [-0.1, -0.05) is 19.9 Å². The molecular weight excluding hydrogens is 358 g/mol. The monoisotopic (exact) mass is 391 g/mol. The zero-order valence-corrected chi connectivity index (χ0v) is 17.7. The fraction of sp³-hybridized carbons (Fsp3) is 0.619. The van der Waals surface area contributed by atoms with Crippen molar-refractivity contribution in [2.75, 3.05) is 47.4 Å². The van der Waals surface area contributed by atoms with Gasteiger partial charge in [0.05, 0.1) is 20.6 Å². The SMILES string of the molecule is COc1ccc(CC(=O)N[C@H](CC(C)C)C(=O)N2CCN(C)CC2)cc1OC. The van der Waals surface area contributed by atoms with Crippen LogP contribution in [0.15, 0.2) is 18.2 Å². The second-order valence-corrected chi connectivity index (χ2v) is 7.74. The molecule has 0 bridgehead atoms. The molecule has 1 aromatic carbocycles. The molecule has 1 saturated heterocycles. The van der Waals surface area contributed by atoms with Crippen molar-refractivity contribution in [2.45, 2.75) is 32.7 Å². The molecule has 1 N–H and O–H groups in total. The third-order valence-electron chi connectivity index (χ3n) is 4.97. The van der Waals surface area contributed by atoms with Crippen LogP contribution >= 0.6 is 0 Å². The highest BCUT2D eigenvalue weighted by atomic mass is 16.5. The Hall–Kier alpha value is -2.28. The first kappa shape index (κ1) is 22.0. The van der Waals surface area contributed by atoms with E-state index in [9.17, 15) is 9.59 Å². The highest BCUT2D eigenvalue weighted by Gasteiger charge is 2.28. The minimum Gasteiger partial charge on any atom is -0.493 e. The van der Waals surface area contributed by atoms with Gasteiger partial charge in [-0.15, -0.1) is 0 Å². The number of methoxy groups -OCH3 is 2. The van der Waals surface area contributed by atoms with Crippen LogP contribution in [0.1, 0.15) is 25.8 Å². The molecule has 1 aromatic rings. The van der Waals surface area contributed by atoms with Gasteiger partial charge in [-0.2, -0.15) is 0 Å². The zero-order chi connectivity index (χ0) is 20.7. The Labute approximate surface area is 168 Å². The lowest BCUT2D eigenvalue weighted by Gasteiger charge is -2.35. The Morgan fingerprint density at radius 1 is 1.07 bits per heavy atom. The van der Waals surface area contributed by atoms with Gasteiger partial charge in [0, 0.05) is 26.2 Å². The molecular formula is C21H33N3O4. The lowest BCUT2D eigenvalue weighted by Crippen LogP contribution is -2.54. The maximum Gasteiger partial charge on any atom is 0.245 e. The number of rotatable bonds is 8. The fourth-order valence-corrected chi connectivity index (χ4v) is 3.36. The van der Waals surface area contributed by atoms with Crippen LogP contribution in [0.4, 0.5) is 0 Å². The highest BCUT2D eigenvalue weighted by molar-refractivity contribution is 5.88. The maximum absolute atomic E-state index is 13.0. The molecule has 1 atom stereocenters.